The van der Waals surface area contributed by atoms with E-state index in [1.807, 2.05) is 29.3 Å². The second-order valence-electron chi connectivity index (χ2n) is 8.93. The zero-order valence-electron chi connectivity index (χ0n) is 16.9. The normalized spacial score (nSPS) is 23.9. The summed E-state index contributed by atoms with van der Waals surface area (Å²) in [7, 11) is 2.18. The summed E-state index contributed by atoms with van der Waals surface area (Å²) in [5.74, 6) is 1.86. The molecule has 3 fully saturated rings. The van der Waals surface area contributed by atoms with Crippen LogP contribution in [0.3, 0.4) is 0 Å². The number of aromatic nitrogens is 2. The summed E-state index contributed by atoms with van der Waals surface area (Å²) in [6.07, 6.45) is 8.11. The Labute approximate surface area is 171 Å². The first-order valence-electron chi connectivity index (χ1n) is 10.6. The van der Waals surface area contributed by atoms with Gasteiger partial charge in [0.25, 0.3) is 5.91 Å². The second-order valence-corrected chi connectivity index (χ2v) is 8.93. The Morgan fingerprint density at radius 1 is 1.34 bits per heavy atom. The Morgan fingerprint density at radius 2 is 2.21 bits per heavy atom. The molecule has 4 heterocycles. The van der Waals surface area contributed by atoms with E-state index >= 15 is 0 Å². The summed E-state index contributed by atoms with van der Waals surface area (Å²) in [4.78, 5) is 21.2. The molecule has 5 rings (SSSR count). The topological polar surface area (TPSA) is 71.7 Å². The molecular formula is C22H28N4O3. The molecule has 2 saturated heterocycles. The molecule has 1 saturated carbocycles. The van der Waals surface area contributed by atoms with Crippen LogP contribution >= 0.6 is 0 Å². The first-order chi connectivity index (χ1) is 14.1. The van der Waals surface area contributed by atoms with E-state index in [-0.39, 0.29) is 11.4 Å². The number of likely N-dealkylation sites (N-methyl/N-ethyl adjacent to an activating group) is 1. The van der Waals surface area contributed by atoms with Gasteiger partial charge in [-0.25, -0.2) is 0 Å². The molecule has 1 spiro atoms. The maximum Gasteiger partial charge on any atom is 0.276 e. The summed E-state index contributed by atoms with van der Waals surface area (Å²) in [6, 6.07) is 5.81. The molecule has 0 aromatic carbocycles. The average Bonchev–Trinajstić information content (AvgIpc) is 3.44. The lowest BCUT2D eigenvalue weighted by molar-refractivity contribution is -0.0770. The van der Waals surface area contributed by atoms with Crippen molar-refractivity contribution in [3.63, 3.8) is 0 Å². The highest BCUT2D eigenvalue weighted by atomic mass is 16.5. The van der Waals surface area contributed by atoms with E-state index in [0.717, 1.165) is 63.2 Å². The van der Waals surface area contributed by atoms with Crippen molar-refractivity contribution in [2.75, 3.05) is 33.3 Å². The molecule has 154 valence electrons. The second kappa shape index (κ2) is 7.54. The summed E-state index contributed by atoms with van der Waals surface area (Å²) >= 11 is 0. The molecular weight excluding hydrogens is 368 g/mol. The SMILES string of the molecule is CN1CCC(COCc2cccnc2)CC12CN(C(=O)c1cc(C3CC3)on1)C2. The van der Waals surface area contributed by atoms with Gasteiger partial charge >= 0.3 is 0 Å². The van der Waals surface area contributed by atoms with Crippen LogP contribution in [0.5, 0.6) is 0 Å². The Bertz CT molecular complexity index is 858. The maximum absolute atomic E-state index is 12.8. The zero-order valence-corrected chi connectivity index (χ0v) is 16.9. The summed E-state index contributed by atoms with van der Waals surface area (Å²) in [5.41, 5.74) is 1.63. The number of ether oxygens (including phenoxy) is 1. The molecule has 0 radical (unpaired) electrons. The first-order valence-corrected chi connectivity index (χ1v) is 10.6. The highest BCUT2D eigenvalue weighted by Gasteiger charge is 2.51. The highest BCUT2D eigenvalue weighted by molar-refractivity contribution is 5.93. The summed E-state index contributed by atoms with van der Waals surface area (Å²) in [5, 5.41) is 4.01. The number of rotatable bonds is 6. The van der Waals surface area contributed by atoms with Crippen LogP contribution in [0.25, 0.3) is 0 Å². The van der Waals surface area contributed by atoms with Crippen molar-refractivity contribution in [1.29, 1.82) is 0 Å². The Balaban J connectivity index is 1.14. The molecule has 1 amide bonds. The third-order valence-electron chi connectivity index (χ3n) is 6.68. The number of hydrogen-bond acceptors (Lipinski definition) is 6. The minimum absolute atomic E-state index is 0.00498. The minimum atomic E-state index is -0.00498. The number of hydrogen-bond donors (Lipinski definition) is 0. The van der Waals surface area contributed by atoms with Crippen LogP contribution in [0.15, 0.2) is 35.1 Å². The van der Waals surface area contributed by atoms with E-state index in [1.165, 1.54) is 0 Å². The average molecular weight is 396 g/mol. The van der Waals surface area contributed by atoms with Crippen molar-refractivity contribution < 1.29 is 14.1 Å². The van der Waals surface area contributed by atoms with E-state index in [9.17, 15) is 4.79 Å². The molecule has 7 nitrogen and oxygen atoms in total. The monoisotopic (exact) mass is 396 g/mol. The van der Waals surface area contributed by atoms with Gasteiger partial charge in [-0.3, -0.25) is 14.7 Å². The van der Waals surface area contributed by atoms with Crippen molar-refractivity contribution in [1.82, 2.24) is 19.9 Å². The van der Waals surface area contributed by atoms with Crippen molar-refractivity contribution >= 4 is 5.91 Å². The Kier molecular flexibility index (Phi) is 4.87. The van der Waals surface area contributed by atoms with Crippen LogP contribution in [0, 0.1) is 5.92 Å². The van der Waals surface area contributed by atoms with Gasteiger partial charge in [0.1, 0.15) is 5.76 Å². The number of nitrogens with zero attached hydrogens (tertiary/aromatic N) is 4. The lowest BCUT2D eigenvalue weighted by atomic mass is 9.75. The Hall–Kier alpha value is -2.25. The third kappa shape index (κ3) is 3.81. The fraction of sp³-hybridized carbons (Fsp3) is 0.591. The van der Waals surface area contributed by atoms with Crippen LogP contribution in [0.1, 0.15) is 53.4 Å². The van der Waals surface area contributed by atoms with Gasteiger partial charge in [-0.05, 0) is 56.8 Å². The number of carbonyl (C=O) groups excluding carboxylic acids is 1. The van der Waals surface area contributed by atoms with E-state index < -0.39 is 0 Å². The van der Waals surface area contributed by atoms with E-state index in [1.54, 1.807) is 6.20 Å². The number of pyridine rings is 1. The number of piperidine rings is 1. The standard InChI is InChI=1S/C22H28N4O3/c1-25-8-6-16(12-28-13-17-3-2-7-23-11-17)10-22(25)14-26(15-22)21(27)19-9-20(29-24-19)18-4-5-18/h2-3,7,9,11,16,18H,4-6,8,10,12-15H2,1H3. The quantitative estimate of drug-likeness (QED) is 0.748. The molecule has 0 bridgehead atoms. The smallest absolute Gasteiger partial charge is 0.276 e. The third-order valence-corrected chi connectivity index (χ3v) is 6.68. The lowest BCUT2D eigenvalue weighted by Gasteiger charge is -2.58. The van der Waals surface area contributed by atoms with Gasteiger partial charge in [0, 0.05) is 44.1 Å². The van der Waals surface area contributed by atoms with Gasteiger partial charge in [0.2, 0.25) is 0 Å². The predicted octanol–water partition coefficient (Wildman–Crippen LogP) is 2.70. The fourth-order valence-corrected chi connectivity index (χ4v) is 4.67. The van der Waals surface area contributed by atoms with E-state index in [0.29, 0.717) is 24.1 Å². The molecule has 0 N–H and O–H groups in total. The van der Waals surface area contributed by atoms with Crippen LogP contribution in [0.2, 0.25) is 0 Å². The number of amides is 1. The molecule has 2 aromatic rings. The van der Waals surface area contributed by atoms with Crippen molar-refractivity contribution in [3.8, 4) is 0 Å². The van der Waals surface area contributed by atoms with Gasteiger partial charge < -0.3 is 14.2 Å². The molecule has 1 atom stereocenters. The molecule has 29 heavy (non-hydrogen) atoms. The molecule has 1 aliphatic carbocycles. The van der Waals surface area contributed by atoms with Gasteiger partial charge in [-0.15, -0.1) is 0 Å². The first kappa shape index (κ1) is 18.8. The van der Waals surface area contributed by atoms with Gasteiger partial charge in [-0.1, -0.05) is 11.2 Å². The van der Waals surface area contributed by atoms with Crippen molar-refractivity contribution in [2.24, 2.45) is 5.92 Å². The van der Waals surface area contributed by atoms with E-state index in [2.05, 4.69) is 22.1 Å². The molecule has 7 heteroatoms. The summed E-state index contributed by atoms with van der Waals surface area (Å²) in [6.45, 7) is 3.92. The lowest BCUT2D eigenvalue weighted by Crippen LogP contribution is -2.72. The van der Waals surface area contributed by atoms with Crippen molar-refractivity contribution in [3.05, 3.63) is 47.6 Å². The van der Waals surface area contributed by atoms with Crippen LogP contribution < -0.4 is 0 Å². The van der Waals surface area contributed by atoms with Gasteiger partial charge in [0.05, 0.1) is 12.1 Å². The number of carbonyl (C=O) groups is 1. The molecule has 3 aliphatic rings. The largest absolute Gasteiger partial charge is 0.376 e. The highest BCUT2D eigenvalue weighted by Crippen LogP contribution is 2.41. The fourth-order valence-electron chi connectivity index (χ4n) is 4.67. The number of likely N-dealkylation sites (tertiary alicyclic amines) is 2. The molecule has 2 aliphatic heterocycles. The van der Waals surface area contributed by atoms with Crippen LogP contribution in [-0.2, 0) is 11.3 Å². The minimum Gasteiger partial charge on any atom is -0.376 e. The molecule has 2 aromatic heterocycles. The predicted molar refractivity (Wildman–Crippen MR) is 106 cm³/mol. The van der Waals surface area contributed by atoms with Crippen LogP contribution in [0.4, 0.5) is 0 Å². The van der Waals surface area contributed by atoms with Crippen LogP contribution in [-0.4, -0.2) is 64.7 Å². The summed E-state index contributed by atoms with van der Waals surface area (Å²) < 4.78 is 11.3. The zero-order chi connectivity index (χ0) is 19.8. The molecule has 1 unspecified atom stereocenters. The van der Waals surface area contributed by atoms with Gasteiger partial charge in [0.15, 0.2) is 5.69 Å². The van der Waals surface area contributed by atoms with Crippen molar-refractivity contribution in [2.45, 2.75) is 43.7 Å². The maximum atomic E-state index is 12.8. The van der Waals surface area contributed by atoms with E-state index in [4.69, 9.17) is 9.26 Å². The van der Waals surface area contributed by atoms with Gasteiger partial charge in [-0.2, -0.15) is 0 Å². The Morgan fingerprint density at radius 3 is 2.97 bits per heavy atom.